The second-order valence-electron chi connectivity index (χ2n) is 6.37. The molecule has 2 fully saturated rings. The number of ether oxygens (including phenoxy) is 1. The molecule has 0 aromatic rings. The van der Waals surface area contributed by atoms with Crippen molar-refractivity contribution in [3.63, 3.8) is 0 Å². The van der Waals surface area contributed by atoms with Crippen molar-refractivity contribution in [1.29, 1.82) is 0 Å². The quantitative estimate of drug-likeness (QED) is 0.785. The highest BCUT2D eigenvalue weighted by Gasteiger charge is 2.40. The average Bonchev–Trinajstić information content (AvgIpc) is 2.87. The molecule has 3 nitrogen and oxygen atoms in total. The third-order valence-electron chi connectivity index (χ3n) is 5.13. The number of hydrogen-bond donors (Lipinski definition) is 1. The molecular formula is C15H27NO2. The molecule has 1 aliphatic carbocycles. The summed E-state index contributed by atoms with van der Waals surface area (Å²) in [5.74, 6) is 3.01. The standard InChI is InChI=1S/C15H27NO2/c1-10(2)11-4-6-12(7-5-11)13-8-16-9-14(13)15(17)18-3/h10-14,16H,4-9H2,1-3H3. The van der Waals surface area contributed by atoms with Gasteiger partial charge in [0.05, 0.1) is 13.0 Å². The van der Waals surface area contributed by atoms with Crippen LogP contribution in [0, 0.1) is 29.6 Å². The van der Waals surface area contributed by atoms with Crippen LogP contribution in [0.1, 0.15) is 39.5 Å². The lowest BCUT2D eigenvalue weighted by Crippen LogP contribution is -2.32. The molecule has 1 saturated heterocycles. The molecule has 1 N–H and O–H groups in total. The Morgan fingerprint density at radius 3 is 2.39 bits per heavy atom. The summed E-state index contributed by atoms with van der Waals surface area (Å²) < 4.78 is 4.94. The van der Waals surface area contributed by atoms with Crippen molar-refractivity contribution in [2.75, 3.05) is 20.2 Å². The third kappa shape index (κ3) is 2.87. The van der Waals surface area contributed by atoms with E-state index in [0.717, 1.165) is 30.8 Å². The van der Waals surface area contributed by atoms with Crippen LogP contribution in [0.15, 0.2) is 0 Å². The van der Waals surface area contributed by atoms with Crippen LogP contribution < -0.4 is 5.32 Å². The SMILES string of the molecule is COC(=O)C1CNCC1C1CCC(C(C)C)CC1. The van der Waals surface area contributed by atoms with Crippen molar-refractivity contribution >= 4 is 5.97 Å². The fourth-order valence-corrected chi connectivity index (χ4v) is 3.84. The van der Waals surface area contributed by atoms with Gasteiger partial charge >= 0.3 is 5.97 Å². The normalized spacial score (nSPS) is 36.9. The van der Waals surface area contributed by atoms with E-state index in [1.165, 1.54) is 32.8 Å². The van der Waals surface area contributed by atoms with Gasteiger partial charge < -0.3 is 10.1 Å². The molecule has 0 aromatic heterocycles. The van der Waals surface area contributed by atoms with Gasteiger partial charge in [0, 0.05) is 6.54 Å². The zero-order valence-electron chi connectivity index (χ0n) is 11.9. The summed E-state index contributed by atoms with van der Waals surface area (Å²) in [6, 6.07) is 0. The molecule has 0 bridgehead atoms. The Hall–Kier alpha value is -0.570. The van der Waals surface area contributed by atoms with Crippen LogP contribution in [0.25, 0.3) is 0 Å². The molecule has 1 heterocycles. The van der Waals surface area contributed by atoms with E-state index in [9.17, 15) is 4.79 Å². The number of methoxy groups -OCH3 is 1. The Bertz CT molecular complexity index is 282. The minimum Gasteiger partial charge on any atom is -0.469 e. The van der Waals surface area contributed by atoms with E-state index in [-0.39, 0.29) is 11.9 Å². The Morgan fingerprint density at radius 1 is 1.17 bits per heavy atom. The first kappa shape index (κ1) is 13.9. The summed E-state index contributed by atoms with van der Waals surface area (Å²) in [5.41, 5.74) is 0. The zero-order chi connectivity index (χ0) is 13.1. The third-order valence-corrected chi connectivity index (χ3v) is 5.13. The summed E-state index contributed by atoms with van der Waals surface area (Å²) in [5, 5.41) is 3.37. The molecule has 1 saturated carbocycles. The van der Waals surface area contributed by atoms with Crippen LogP contribution >= 0.6 is 0 Å². The van der Waals surface area contributed by atoms with E-state index in [2.05, 4.69) is 19.2 Å². The van der Waals surface area contributed by atoms with Crippen LogP contribution in [-0.2, 0) is 9.53 Å². The van der Waals surface area contributed by atoms with Gasteiger partial charge in [-0.1, -0.05) is 13.8 Å². The fourth-order valence-electron chi connectivity index (χ4n) is 3.84. The largest absolute Gasteiger partial charge is 0.469 e. The van der Waals surface area contributed by atoms with E-state index < -0.39 is 0 Å². The fraction of sp³-hybridized carbons (Fsp3) is 0.933. The predicted molar refractivity (Wildman–Crippen MR) is 72.2 cm³/mol. The molecule has 2 unspecified atom stereocenters. The van der Waals surface area contributed by atoms with Gasteiger partial charge in [0.25, 0.3) is 0 Å². The highest BCUT2D eigenvalue weighted by Crippen LogP contribution is 2.40. The topological polar surface area (TPSA) is 38.3 Å². The second kappa shape index (κ2) is 6.05. The lowest BCUT2D eigenvalue weighted by Gasteiger charge is -2.35. The van der Waals surface area contributed by atoms with Crippen LogP contribution in [0.3, 0.4) is 0 Å². The Kier molecular flexibility index (Phi) is 4.66. The van der Waals surface area contributed by atoms with Crippen molar-refractivity contribution in [3.8, 4) is 0 Å². The van der Waals surface area contributed by atoms with Crippen LogP contribution in [-0.4, -0.2) is 26.2 Å². The molecular weight excluding hydrogens is 226 g/mol. The molecule has 104 valence electrons. The minimum absolute atomic E-state index is 0.0176. The van der Waals surface area contributed by atoms with Crippen molar-refractivity contribution < 1.29 is 9.53 Å². The number of carbonyl (C=O) groups excluding carboxylic acids is 1. The first-order valence-electron chi connectivity index (χ1n) is 7.42. The van der Waals surface area contributed by atoms with Crippen LogP contribution in [0.4, 0.5) is 0 Å². The zero-order valence-corrected chi connectivity index (χ0v) is 11.9. The maximum absolute atomic E-state index is 11.8. The molecule has 2 aliphatic rings. The van der Waals surface area contributed by atoms with Gasteiger partial charge in [-0.2, -0.15) is 0 Å². The van der Waals surface area contributed by atoms with Crippen molar-refractivity contribution in [2.24, 2.45) is 29.6 Å². The molecule has 2 atom stereocenters. The van der Waals surface area contributed by atoms with Crippen LogP contribution in [0.5, 0.6) is 0 Å². The molecule has 2 rings (SSSR count). The highest BCUT2D eigenvalue weighted by atomic mass is 16.5. The maximum Gasteiger partial charge on any atom is 0.310 e. The second-order valence-corrected chi connectivity index (χ2v) is 6.37. The molecule has 3 heteroatoms. The Balaban J connectivity index is 1.90. The summed E-state index contributed by atoms with van der Waals surface area (Å²) in [4.78, 5) is 11.8. The average molecular weight is 253 g/mol. The van der Waals surface area contributed by atoms with Gasteiger partial charge in [-0.3, -0.25) is 4.79 Å². The van der Waals surface area contributed by atoms with E-state index in [1.54, 1.807) is 0 Å². The first-order chi connectivity index (χ1) is 8.63. The number of carbonyl (C=O) groups is 1. The highest BCUT2D eigenvalue weighted by molar-refractivity contribution is 5.73. The Labute approximate surface area is 111 Å². The summed E-state index contributed by atoms with van der Waals surface area (Å²) in [7, 11) is 1.51. The lowest BCUT2D eigenvalue weighted by atomic mass is 9.70. The van der Waals surface area contributed by atoms with Crippen molar-refractivity contribution in [2.45, 2.75) is 39.5 Å². The van der Waals surface area contributed by atoms with Crippen molar-refractivity contribution in [1.82, 2.24) is 5.32 Å². The summed E-state index contributed by atoms with van der Waals surface area (Å²) in [6.45, 7) is 6.47. The summed E-state index contributed by atoms with van der Waals surface area (Å²) in [6.07, 6.45) is 5.27. The molecule has 18 heavy (non-hydrogen) atoms. The maximum atomic E-state index is 11.8. The van der Waals surface area contributed by atoms with Gasteiger partial charge in [0.2, 0.25) is 0 Å². The number of esters is 1. The first-order valence-corrected chi connectivity index (χ1v) is 7.42. The van der Waals surface area contributed by atoms with Gasteiger partial charge in [-0.25, -0.2) is 0 Å². The van der Waals surface area contributed by atoms with E-state index in [1.807, 2.05) is 0 Å². The van der Waals surface area contributed by atoms with Gasteiger partial charge in [0.1, 0.15) is 0 Å². The van der Waals surface area contributed by atoms with E-state index in [4.69, 9.17) is 4.74 Å². The lowest BCUT2D eigenvalue weighted by molar-refractivity contribution is -0.146. The van der Waals surface area contributed by atoms with Crippen LogP contribution in [0.2, 0.25) is 0 Å². The molecule has 1 aliphatic heterocycles. The van der Waals surface area contributed by atoms with Crippen molar-refractivity contribution in [3.05, 3.63) is 0 Å². The number of rotatable bonds is 3. The summed E-state index contributed by atoms with van der Waals surface area (Å²) >= 11 is 0. The van der Waals surface area contributed by atoms with Gasteiger partial charge in [-0.05, 0) is 55.9 Å². The van der Waals surface area contributed by atoms with E-state index >= 15 is 0 Å². The van der Waals surface area contributed by atoms with Gasteiger partial charge in [0.15, 0.2) is 0 Å². The molecule has 0 aromatic carbocycles. The van der Waals surface area contributed by atoms with E-state index in [0.29, 0.717) is 5.92 Å². The number of hydrogen-bond acceptors (Lipinski definition) is 3. The molecule has 0 spiro atoms. The predicted octanol–water partition coefficient (Wildman–Crippen LogP) is 2.46. The smallest absolute Gasteiger partial charge is 0.310 e. The minimum atomic E-state index is -0.0176. The Morgan fingerprint density at radius 2 is 1.83 bits per heavy atom. The molecule has 0 radical (unpaired) electrons. The molecule has 0 amide bonds. The van der Waals surface area contributed by atoms with Gasteiger partial charge in [-0.15, -0.1) is 0 Å². The number of nitrogens with one attached hydrogen (secondary N) is 1. The monoisotopic (exact) mass is 253 g/mol.